The van der Waals surface area contributed by atoms with Crippen molar-refractivity contribution >= 4 is 0 Å². The van der Waals surface area contributed by atoms with E-state index in [4.69, 9.17) is 9.47 Å². The third-order valence-electron chi connectivity index (χ3n) is 3.79. The van der Waals surface area contributed by atoms with Gasteiger partial charge < -0.3 is 14.8 Å². The molecule has 1 heterocycles. The van der Waals surface area contributed by atoms with Crippen LogP contribution >= 0.6 is 0 Å². The zero-order valence-electron chi connectivity index (χ0n) is 10.4. The summed E-state index contributed by atoms with van der Waals surface area (Å²) in [5.74, 6) is 0.935. The van der Waals surface area contributed by atoms with E-state index < -0.39 is 0 Å². The summed E-state index contributed by atoms with van der Waals surface area (Å²) in [4.78, 5) is 0. The molecule has 0 radical (unpaired) electrons. The van der Waals surface area contributed by atoms with E-state index in [-0.39, 0.29) is 0 Å². The van der Waals surface area contributed by atoms with Crippen LogP contribution in [0.25, 0.3) is 0 Å². The van der Waals surface area contributed by atoms with Crippen LogP contribution < -0.4 is 5.32 Å². The first-order valence-corrected chi connectivity index (χ1v) is 6.77. The second kappa shape index (κ2) is 6.58. The normalized spacial score (nSPS) is 35.4. The van der Waals surface area contributed by atoms with E-state index in [0.29, 0.717) is 6.10 Å². The molecule has 1 saturated heterocycles. The quantitative estimate of drug-likeness (QED) is 0.728. The monoisotopic (exact) mass is 227 g/mol. The number of rotatable bonds is 5. The number of ether oxygens (including phenoxy) is 2. The molecule has 1 aliphatic heterocycles. The predicted molar refractivity (Wildman–Crippen MR) is 64.6 cm³/mol. The molecule has 2 fully saturated rings. The average molecular weight is 227 g/mol. The summed E-state index contributed by atoms with van der Waals surface area (Å²) in [6.07, 6.45) is 6.87. The van der Waals surface area contributed by atoms with E-state index in [0.717, 1.165) is 44.7 Å². The van der Waals surface area contributed by atoms with Crippen molar-refractivity contribution in [2.24, 2.45) is 5.92 Å². The molecule has 0 amide bonds. The molecule has 2 rings (SSSR count). The van der Waals surface area contributed by atoms with Crippen molar-refractivity contribution in [3.05, 3.63) is 0 Å². The fourth-order valence-electron chi connectivity index (χ4n) is 2.60. The van der Waals surface area contributed by atoms with Gasteiger partial charge in [-0.05, 0) is 38.0 Å². The molecule has 1 N–H and O–H groups in total. The second-order valence-corrected chi connectivity index (χ2v) is 5.27. The number of nitrogens with one attached hydrogen (secondary N) is 1. The van der Waals surface area contributed by atoms with Crippen LogP contribution in [-0.2, 0) is 9.47 Å². The van der Waals surface area contributed by atoms with E-state index in [1.165, 1.54) is 25.7 Å². The lowest BCUT2D eigenvalue weighted by atomic mass is 9.87. The van der Waals surface area contributed by atoms with Gasteiger partial charge in [0.1, 0.15) is 0 Å². The molecule has 0 bridgehead atoms. The molecule has 0 aromatic heterocycles. The summed E-state index contributed by atoms with van der Waals surface area (Å²) >= 11 is 0. The Bertz CT molecular complexity index is 184. The Morgan fingerprint density at radius 1 is 1.19 bits per heavy atom. The Kier molecular flexibility index (Phi) is 5.07. The minimum absolute atomic E-state index is 0.355. The smallest absolute Gasteiger partial charge is 0.0831 e. The topological polar surface area (TPSA) is 30.5 Å². The third kappa shape index (κ3) is 4.04. The standard InChI is InChI=1S/C13H25NO2/c1-11-2-4-12(5-3-11)14-7-9-16-13-6-8-15-10-13/h11-14H,2-10H2,1H3. The van der Waals surface area contributed by atoms with Crippen LogP contribution in [0.2, 0.25) is 0 Å². The highest BCUT2D eigenvalue weighted by molar-refractivity contribution is 4.75. The highest BCUT2D eigenvalue weighted by Gasteiger charge is 2.18. The molecule has 1 saturated carbocycles. The van der Waals surface area contributed by atoms with E-state index in [1.54, 1.807) is 0 Å². The van der Waals surface area contributed by atoms with Gasteiger partial charge in [0.05, 0.1) is 19.3 Å². The first-order chi connectivity index (χ1) is 7.84. The molecule has 1 aliphatic carbocycles. The largest absolute Gasteiger partial charge is 0.379 e. The van der Waals surface area contributed by atoms with E-state index in [1.807, 2.05) is 0 Å². The minimum Gasteiger partial charge on any atom is -0.379 e. The van der Waals surface area contributed by atoms with Crippen molar-refractivity contribution in [1.82, 2.24) is 5.32 Å². The first-order valence-electron chi connectivity index (χ1n) is 6.77. The van der Waals surface area contributed by atoms with E-state index >= 15 is 0 Å². The van der Waals surface area contributed by atoms with Crippen molar-refractivity contribution in [3.8, 4) is 0 Å². The molecule has 0 aromatic rings. The average Bonchev–Trinajstić information content (AvgIpc) is 2.80. The molecule has 1 unspecified atom stereocenters. The summed E-state index contributed by atoms with van der Waals surface area (Å²) in [5, 5.41) is 3.60. The second-order valence-electron chi connectivity index (χ2n) is 5.27. The zero-order chi connectivity index (χ0) is 11.2. The lowest BCUT2D eigenvalue weighted by Crippen LogP contribution is -2.35. The highest BCUT2D eigenvalue weighted by atomic mass is 16.5. The summed E-state index contributed by atoms with van der Waals surface area (Å²) in [7, 11) is 0. The Morgan fingerprint density at radius 2 is 2.00 bits per heavy atom. The van der Waals surface area contributed by atoms with Gasteiger partial charge in [0, 0.05) is 19.2 Å². The maximum Gasteiger partial charge on any atom is 0.0831 e. The molecule has 3 nitrogen and oxygen atoms in total. The molecule has 1 atom stereocenters. The Morgan fingerprint density at radius 3 is 2.69 bits per heavy atom. The van der Waals surface area contributed by atoms with Crippen LogP contribution in [-0.4, -0.2) is 38.5 Å². The van der Waals surface area contributed by atoms with Crippen LogP contribution in [0, 0.1) is 5.92 Å². The fraction of sp³-hybridized carbons (Fsp3) is 1.00. The third-order valence-corrected chi connectivity index (χ3v) is 3.79. The van der Waals surface area contributed by atoms with Gasteiger partial charge >= 0.3 is 0 Å². The van der Waals surface area contributed by atoms with Crippen LogP contribution in [0.3, 0.4) is 0 Å². The Labute approximate surface area is 98.9 Å². The van der Waals surface area contributed by atoms with Crippen LogP contribution in [0.1, 0.15) is 39.0 Å². The van der Waals surface area contributed by atoms with Gasteiger partial charge in [0.2, 0.25) is 0 Å². The SMILES string of the molecule is CC1CCC(NCCOC2CCOC2)CC1. The van der Waals surface area contributed by atoms with E-state index in [2.05, 4.69) is 12.2 Å². The summed E-state index contributed by atoms with van der Waals surface area (Å²) in [5.41, 5.74) is 0. The van der Waals surface area contributed by atoms with Crippen LogP contribution in [0.4, 0.5) is 0 Å². The van der Waals surface area contributed by atoms with Crippen molar-refractivity contribution in [3.63, 3.8) is 0 Å². The molecule has 94 valence electrons. The molecular weight excluding hydrogens is 202 g/mol. The molecular formula is C13H25NO2. The Hall–Kier alpha value is -0.120. The van der Waals surface area contributed by atoms with Gasteiger partial charge in [-0.25, -0.2) is 0 Å². The summed E-state index contributed by atoms with van der Waals surface area (Å²) < 4.78 is 11.0. The van der Waals surface area contributed by atoms with Crippen LogP contribution in [0.15, 0.2) is 0 Å². The zero-order valence-corrected chi connectivity index (χ0v) is 10.4. The molecule has 2 aliphatic rings. The van der Waals surface area contributed by atoms with Crippen molar-refractivity contribution in [2.75, 3.05) is 26.4 Å². The van der Waals surface area contributed by atoms with Crippen molar-refractivity contribution in [2.45, 2.75) is 51.2 Å². The summed E-state index contributed by atoms with van der Waals surface area (Å²) in [6.45, 7) is 5.86. The lowest BCUT2D eigenvalue weighted by molar-refractivity contribution is 0.0429. The molecule has 16 heavy (non-hydrogen) atoms. The van der Waals surface area contributed by atoms with E-state index in [9.17, 15) is 0 Å². The van der Waals surface area contributed by atoms with Crippen molar-refractivity contribution < 1.29 is 9.47 Å². The van der Waals surface area contributed by atoms with Crippen LogP contribution in [0.5, 0.6) is 0 Å². The van der Waals surface area contributed by atoms with Gasteiger partial charge in [-0.15, -0.1) is 0 Å². The molecule has 3 heteroatoms. The van der Waals surface area contributed by atoms with Crippen molar-refractivity contribution in [1.29, 1.82) is 0 Å². The molecule has 0 spiro atoms. The minimum atomic E-state index is 0.355. The molecule has 0 aromatic carbocycles. The van der Waals surface area contributed by atoms with Gasteiger partial charge in [-0.1, -0.05) is 6.92 Å². The maximum atomic E-state index is 5.73. The van der Waals surface area contributed by atoms with Gasteiger partial charge in [-0.2, -0.15) is 0 Å². The first kappa shape index (κ1) is 12.3. The number of hydrogen-bond acceptors (Lipinski definition) is 3. The Balaban J connectivity index is 1.48. The number of hydrogen-bond donors (Lipinski definition) is 1. The lowest BCUT2D eigenvalue weighted by Gasteiger charge is -2.27. The van der Waals surface area contributed by atoms with Gasteiger partial charge in [0.25, 0.3) is 0 Å². The summed E-state index contributed by atoms with van der Waals surface area (Å²) in [6, 6.07) is 0.736. The van der Waals surface area contributed by atoms with Gasteiger partial charge in [0.15, 0.2) is 0 Å². The highest BCUT2D eigenvalue weighted by Crippen LogP contribution is 2.23. The maximum absolute atomic E-state index is 5.73. The predicted octanol–water partition coefficient (Wildman–Crippen LogP) is 1.96. The fourth-order valence-corrected chi connectivity index (χ4v) is 2.60. The van der Waals surface area contributed by atoms with Gasteiger partial charge in [-0.3, -0.25) is 0 Å².